The first-order valence-corrected chi connectivity index (χ1v) is 8.31. The van der Waals surface area contributed by atoms with Crippen LogP contribution < -0.4 is 0 Å². The van der Waals surface area contributed by atoms with Gasteiger partial charge in [-0.2, -0.15) is 17.0 Å². The molecule has 2 saturated heterocycles. The SMILES string of the molecule is CC1OCCC1N(C)S(=O)(=O)N1CCCC(C(=O)O)C1. The fourth-order valence-electron chi connectivity index (χ4n) is 2.90. The molecule has 3 unspecified atom stereocenters. The lowest BCUT2D eigenvalue weighted by Gasteiger charge is -2.35. The quantitative estimate of drug-likeness (QED) is 0.798. The highest BCUT2D eigenvalue weighted by atomic mass is 32.2. The van der Waals surface area contributed by atoms with E-state index in [0.29, 0.717) is 32.4 Å². The van der Waals surface area contributed by atoms with Crippen LogP contribution >= 0.6 is 0 Å². The van der Waals surface area contributed by atoms with Gasteiger partial charge in [-0.25, -0.2) is 0 Å². The number of piperidine rings is 1. The molecule has 2 rings (SSSR count). The van der Waals surface area contributed by atoms with Crippen LogP contribution in [0.15, 0.2) is 0 Å². The second kappa shape index (κ2) is 5.97. The Hall–Kier alpha value is -0.700. The molecule has 0 saturated carbocycles. The molecule has 0 spiro atoms. The molecule has 116 valence electrons. The van der Waals surface area contributed by atoms with Crippen LogP contribution in [-0.2, 0) is 19.7 Å². The zero-order chi connectivity index (χ0) is 14.9. The Kier molecular flexibility index (Phi) is 4.68. The molecule has 0 aromatic carbocycles. The molecule has 2 heterocycles. The number of aliphatic carboxylic acids is 1. The van der Waals surface area contributed by atoms with Gasteiger partial charge in [0.05, 0.1) is 18.1 Å². The first-order chi connectivity index (χ1) is 9.34. The summed E-state index contributed by atoms with van der Waals surface area (Å²) in [6, 6.07) is -0.176. The van der Waals surface area contributed by atoms with Gasteiger partial charge in [0.1, 0.15) is 0 Å². The fourth-order valence-corrected chi connectivity index (χ4v) is 4.62. The maximum Gasteiger partial charge on any atom is 0.307 e. The second-order valence-electron chi connectivity index (χ2n) is 5.49. The van der Waals surface area contributed by atoms with Crippen LogP contribution in [0.2, 0.25) is 0 Å². The van der Waals surface area contributed by atoms with E-state index < -0.39 is 22.1 Å². The predicted molar refractivity (Wildman–Crippen MR) is 72.4 cm³/mol. The number of nitrogens with zero attached hydrogens (tertiary/aromatic N) is 2. The third-order valence-electron chi connectivity index (χ3n) is 4.23. The number of rotatable bonds is 4. The van der Waals surface area contributed by atoms with Crippen molar-refractivity contribution in [1.29, 1.82) is 0 Å². The largest absolute Gasteiger partial charge is 0.481 e. The number of carboxylic acids is 1. The third-order valence-corrected chi connectivity index (χ3v) is 6.21. The van der Waals surface area contributed by atoms with Gasteiger partial charge in [-0.05, 0) is 26.2 Å². The molecule has 0 aromatic rings. The van der Waals surface area contributed by atoms with Gasteiger partial charge in [-0.1, -0.05) is 0 Å². The molecule has 0 radical (unpaired) electrons. The minimum atomic E-state index is -3.62. The zero-order valence-electron chi connectivity index (χ0n) is 11.9. The maximum absolute atomic E-state index is 12.6. The highest BCUT2D eigenvalue weighted by molar-refractivity contribution is 7.86. The van der Waals surface area contributed by atoms with Gasteiger partial charge in [-0.3, -0.25) is 4.79 Å². The van der Waals surface area contributed by atoms with Crippen LogP contribution in [-0.4, -0.2) is 67.0 Å². The van der Waals surface area contributed by atoms with Gasteiger partial charge in [0.15, 0.2) is 0 Å². The highest BCUT2D eigenvalue weighted by Crippen LogP contribution is 2.25. The van der Waals surface area contributed by atoms with E-state index in [4.69, 9.17) is 9.84 Å². The van der Waals surface area contributed by atoms with Gasteiger partial charge in [-0.15, -0.1) is 0 Å². The smallest absolute Gasteiger partial charge is 0.307 e. The lowest BCUT2D eigenvalue weighted by molar-refractivity contribution is -0.142. The minimum absolute atomic E-state index is 0.0595. The van der Waals surface area contributed by atoms with Crippen LogP contribution in [0, 0.1) is 5.92 Å². The van der Waals surface area contributed by atoms with Gasteiger partial charge < -0.3 is 9.84 Å². The van der Waals surface area contributed by atoms with Gasteiger partial charge in [0.25, 0.3) is 10.2 Å². The summed E-state index contributed by atoms with van der Waals surface area (Å²) >= 11 is 0. The van der Waals surface area contributed by atoms with Crippen molar-refractivity contribution in [3.8, 4) is 0 Å². The van der Waals surface area contributed by atoms with E-state index in [1.807, 2.05) is 6.92 Å². The van der Waals surface area contributed by atoms with Crippen LogP contribution in [0.1, 0.15) is 26.2 Å². The van der Waals surface area contributed by atoms with E-state index in [9.17, 15) is 13.2 Å². The van der Waals surface area contributed by atoms with Gasteiger partial charge >= 0.3 is 5.97 Å². The fraction of sp³-hybridized carbons (Fsp3) is 0.917. The Balaban J connectivity index is 2.11. The normalized spacial score (nSPS) is 32.6. The third kappa shape index (κ3) is 2.98. The number of likely N-dealkylation sites (N-methyl/N-ethyl adjacent to an activating group) is 1. The number of ether oxygens (including phenoxy) is 1. The van der Waals surface area contributed by atoms with E-state index in [2.05, 4.69) is 0 Å². The van der Waals surface area contributed by atoms with Crippen molar-refractivity contribution in [3.63, 3.8) is 0 Å². The van der Waals surface area contributed by atoms with Crippen molar-refractivity contribution in [2.75, 3.05) is 26.7 Å². The predicted octanol–water partition coefficient (Wildman–Crippen LogP) is 0.137. The molecule has 7 nitrogen and oxygen atoms in total. The van der Waals surface area contributed by atoms with E-state index in [1.165, 1.54) is 8.61 Å². The minimum Gasteiger partial charge on any atom is -0.481 e. The summed E-state index contributed by atoms with van der Waals surface area (Å²) in [6.45, 7) is 2.87. The Morgan fingerprint density at radius 3 is 2.65 bits per heavy atom. The Bertz CT molecular complexity index is 466. The van der Waals surface area contributed by atoms with Crippen molar-refractivity contribution < 1.29 is 23.1 Å². The van der Waals surface area contributed by atoms with E-state index in [1.54, 1.807) is 7.05 Å². The molecule has 0 aromatic heterocycles. The molecule has 2 fully saturated rings. The average Bonchev–Trinajstić information content (AvgIpc) is 2.84. The van der Waals surface area contributed by atoms with Crippen molar-refractivity contribution in [1.82, 2.24) is 8.61 Å². The molecule has 8 heteroatoms. The van der Waals surface area contributed by atoms with Crippen molar-refractivity contribution >= 4 is 16.2 Å². The van der Waals surface area contributed by atoms with Crippen LogP contribution in [0.25, 0.3) is 0 Å². The molecule has 0 amide bonds. The lowest BCUT2D eigenvalue weighted by Crippen LogP contribution is -2.52. The Labute approximate surface area is 119 Å². The van der Waals surface area contributed by atoms with Gasteiger partial charge in [0, 0.05) is 26.7 Å². The molecule has 2 aliphatic heterocycles. The summed E-state index contributed by atoms with van der Waals surface area (Å²) in [6.07, 6.45) is 1.66. The molecule has 0 bridgehead atoms. The molecule has 1 N–H and O–H groups in total. The Morgan fingerprint density at radius 2 is 2.10 bits per heavy atom. The monoisotopic (exact) mass is 306 g/mol. The molecule has 20 heavy (non-hydrogen) atoms. The van der Waals surface area contributed by atoms with Crippen LogP contribution in [0.3, 0.4) is 0 Å². The molecule has 3 atom stereocenters. The summed E-state index contributed by atoms with van der Waals surface area (Å²) in [5.41, 5.74) is 0. The molecular weight excluding hydrogens is 284 g/mol. The molecule has 0 aliphatic carbocycles. The van der Waals surface area contributed by atoms with Crippen LogP contribution in [0.4, 0.5) is 0 Å². The van der Waals surface area contributed by atoms with Crippen molar-refractivity contribution in [2.24, 2.45) is 5.92 Å². The Morgan fingerprint density at radius 1 is 1.40 bits per heavy atom. The summed E-state index contributed by atoms with van der Waals surface area (Å²) in [7, 11) is -2.07. The summed E-state index contributed by atoms with van der Waals surface area (Å²) in [5, 5.41) is 9.06. The first-order valence-electron chi connectivity index (χ1n) is 6.91. The molecule has 2 aliphatic rings. The number of hydrogen-bond acceptors (Lipinski definition) is 4. The highest BCUT2D eigenvalue weighted by Gasteiger charge is 2.40. The van der Waals surface area contributed by atoms with E-state index in [-0.39, 0.29) is 18.7 Å². The van der Waals surface area contributed by atoms with E-state index in [0.717, 1.165) is 0 Å². The van der Waals surface area contributed by atoms with Crippen molar-refractivity contribution in [3.05, 3.63) is 0 Å². The van der Waals surface area contributed by atoms with E-state index >= 15 is 0 Å². The molecular formula is C12H22N2O5S. The first kappa shape index (κ1) is 15.7. The van der Waals surface area contributed by atoms with Crippen LogP contribution in [0.5, 0.6) is 0 Å². The lowest BCUT2D eigenvalue weighted by atomic mass is 10.0. The topological polar surface area (TPSA) is 87.2 Å². The number of carboxylic acid groups (broad SMARTS) is 1. The summed E-state index contributed by atoms with van der Waals surface area (Å²) < 4.78 is 33.2. The van der Waals surface area contributed by atoms with Gasteiger partial charge in [0.2, 0.25) is 0 Å². The average molecular weight is 306 g/mol. The summed E-state index contributed by atoms with van der Waals surface area (Å²) in [4.78, 5) is 11.0. The number of carbonyl (C=O) groups is 1. The van der Waals surface area contributed by atoms with Crippen molar-refractivity contribution in [2.45, 2.75) is 38.3 Å². The number of hydrogen-bond donors (Lipinski definition) is 1. The standard InChI is InChI=1S/C12H22N2O5S/c1-9-11(5-7-19-9)13(2)20(17,18)14-6-3-4-10(8-14)12(15)16/h9-11H,3-8H2,1-2H3,(H,15,16). The zero-order valence-corrected chi connectivity index (χ0v) is 12.7. The second-order valence-corrected chi connectivity index (χ2v) is 7.48. The maximum atomic E-state index is 12.6. The summed E-state index contributed by atoms with van der Waals surface area (Å²) in [5.74, 6) is -1.53.